The highest BCUT2D eigenvalue weighted by Crippen LogP contribution is 2.28. The molecule has 49 heavy (non-hydrogen) atoms. The number of benzene rings is 4. The van der Waals surface area contributed by atoms with Crippen molar-refractivity contribution in [2.24, 2.45) is 0 Å². The van der Waals surface area contributed by atoms with Crippen LogP contribution in [0, 0.1) is 0 Å². The summed E-state index contributed by atoms with van der Waals surface area (Å²) in [5.74, 6) is 0.130. The molecule has 4 aromatic rings. The Kier molecular flexibility index (Phi) is 12.1. The predicted octanol–water partition coefficient (Wildman–Crippen LogP) is 7.10. The Labute approximate surface area is 291 Å². The summed E-state index contributed by atoms with van der Waals surface area (Å²) >= 11 is 0. The van der Waals surface area contributed by atoms with Crippen LogP contribution in [0.25, 0.3) is 0 Å². The number of carbonyl (C=O) groups excluding carboxylic acids is 2. The Morgan fingerprint density at radius 2 is 1.45 bits per heavy atom. The van der Waals surface area contributed by atoms with E-state index in [9.17, 15) is 18.0 Å². The first-order valence-electron chi connectivity index (χ1n) is 17.1. The molecule has 1 N–H and O–H groups in total. The summed E-state index contributed by atoms with van der Waals surface area (Å²) < 4.78 is 35.2. The molecule has 0 saturated heterocycles. The van der Waals surface area contributed by atoms with Crippen LogP contribution in [0.4, 0.5) is 5.69 Å². The molecule has 5 rings (SSSR count). The first-order chi connectivity index (χ1) is 23.7. The molecule has 0 aliphatic heterocycles. The van der Waals surface area contributed by atoms with Gasteiger partial charge in [0.25, 0.3) is 10.0 Å². The number of amides is 2. The lowest BCUT2D eigenvalue weighted by atomic mass is 9.94. The molecule has 1 fully saturated rings. The van der Waals surface area contributed by atoms with Gasteiger partial charge in [-0.05, 0) is 71.8 Å². The van der Waals surface area contributed by atoms with Gasteiger partial charge in [-0.1, -0.05) is 106 Å². The van der Waals surface area contributed by atoms with Crippen molar-refractivity contribution in [3.05, 3.63) is 126 Å². The van der Waals surface area contributed by atoms with Gasteiger partial charge >= 0.3 is 0 Å². The zero-order valence-corrected chi connectivity index (χ0v) is 29.4. The number of anilines is 1. The molecule has 258 valence electrons. The summed E-state index contributed by atoms with van der Waals surface area (Å²) in [5, 5.41) is 3.25. The summed E-state index contributed by atoms with van der Waals surface area (Å²) in [4.78, 5) is 30.7. The molecule has 1 aliphatic rings. The van der Waals surface area contributed by atoms with Gasteiger partial charge in [0, 0.05) is 19.0 Å². The van der Waals surface area contributed by atoms with Crippen LogP contribution in [0.2, 0.25) is 0 Å². The first kappa shape index (κ1) is 35.7. The fourth-order valence-corrected chi connectivity index (χ4v) is 7.77. The van der Waals surface area contributed by atoms with Gasteiger partial charge in [-0.15, -0.1) is 0 Å². The van der Waals surface area contributed by atoms with Gasteiger partial charge in [0.2, 0.25) is 11.8 Å². The predicted molar refractivity (Wildman–Crippen MR) is 194 cm³/mol. The fraction of sp³-hybridized carbons (Fsp3) is 0.350. The van der Waals surface area contributed by atoms with E-state index in [1.165, 1.54) is 17.0 Å². The van der Waals surface area contributed by atoms with Gasteiger partial charge in [0.05, 0.1) is 17.7 Å². The van der Waals surface area contributed by atoms with Crippen LogP contribution >= 0.6 is 0 Å². The molecule has 0 unspecified atom stereocenters. The quantitative estimate of drug-likeness (QED) is 0.153. The monoisotopic (exact) mass is 681 g/mol. The van der Waals surface area contributed by atoms with Crippen LogP contribution in [0.1, 0.15) is 68.6 Å². The zero-order valence-electron chi connectivity index (χ0n) is 28.6. The summed E-state index contributed by atoms with van der Waals surface area (Å²) in [7, 11) is -2.58. The molecule has 0 aromatic heterocycles. The number of hydrogen-bond acceptors (Lipinski definition) is 5. The van der Waals surface area contributed by atoms with Crippen LogP contribution in [-0.2, 0) is 32.6 Å². The second-order valence-corrected chi connectivity index (χ2v) is 14.9. The minimum absolute atomic E-state index is 0.0303. The van der Waals surface area contributed by atoms with Crippen molar-refractivity contribution in [1.29, 1.82) is 0 Å². The van der Waals surface area contributed by atoms with E-state index < -0.39 is 28.5 Å². The maximum Gasteiger partial charge on any atom is 0.264 e. The third-order valence-electron chi connectivity index (χ3n) is 9.17. The number of ether oxygens (including phenoxy) is 1. The van der Waals surface area contributed by atoms with Crippen LogP contribution in [0.5, 0.6) is 5.75 Å². The molecule has 1 aliphatic carbocycles. The molecule has 0 bridgehead atoms. The van der Waals surface area contributed by atoms with Crippen molar-refractivity contribution in [3.63, 3.8) is 0 Å². The third-order valence-corrected chi connectivity index (χ3v) is 11.0. The van der Waals surface area contributed by atoms with Crippen LogP contribution in [-0.4, -0.2) is 50.9 Å². The van der Waals surface area contributed by atoms with Crippen molar-refractivity contribution >= 4 is 27.5 Å². The standard InChI is InChI=1S/C40H47N3O5S/c1-30(2)33-22-24-35(25-23-33)43(49(46,47)37-20-11-6-12-21-37)29-39(44)42(28-32-16-13-19-36(26-32)48-3)38(27-31-14-7-4-8-15-31)40(45)41-34-17-9-5-10-18-34/h4,6-8,11-16,19-26,30,34,38H,5,9-10,17-18,27-29H2,1-3H3,(H,41,45)/t38-/m0/s1. The summed E-state index contributed by atoms with van der Waals surface area (Å²) in [6.45, 7) is 3.72. The Morgan fingerprint density at radius 3 is 2.08 bits per heavy atom. The molecule has 0 spiro atoms. The van der Waals surface area contributed by atoms with E-state index in [0.717, 1.165) is 53.1 Å². The molecule has 2 amide bonds. The molecular formula is C40H47N3O5S. The van der Waals surface area contributed by atoms with Crippen molar-refractivity contribution in [3.8, 4) is 5.75 Å². The maximum absolute atomic E-state index is 14.8. The van der Waals surface area contributed by atoms with Gasteiger partial charge in [-0.25, -0.2) is 8.42 Å². The number of rotatable bonds is 14. The SMILES string of the molecule is COc1cccc(CN(C(=O)CN(c2ccc(C(C)C)cc2)S(=O)(=O)c2ccccc2)[C@@H](Cc2ccccc2)C(=O)NC2CCCCC2)c1. The van der Waals surface area contributed by atoms with Crippen LogP contribution < -0.4 is 14.4 Å². The lowest BCUT2D eigenvalue weighted by molar-refractivity contribution is -0.140. The van der Waals surface area contributed by atoms with Gasteiger partial charge in [-0.3, -0.25) is 13.9 Å². The Morgan fingerprint density at radius 1 is 0.816 bits per heavy atom. The molecule has 0 heterocycles. The van der Waals surface area contributed by atoms with Crippen molar-refractivity contribution in [1.82, 2.24) is 10.2 Å². The average molecular weight is 682 g/mol. The Bertz CT molecular complexity index is 1770. The summed E-state index contributed by atoms with van der Waals surface area (Å²) in [6, 6.07) is 31.5. The topological polar surface area (TPSA) is 96.0 Å². The van der Waals surface area contributed by atoms with E-state index >= 15 is 0 Å². The van der Waals surface area contributed by atoms with E-state index in [0.29, 0.717) is 11.4 Å². The third kappa shape index (κ3) is 9.29. The van der Waals surface area contributed by atoms with E-state index in [2.05, 4.69) is 19.2 Å². The lowest BCUT2D eigenvalue weighted by Crippen LogP contribution is -2.55. The van der Waals surface area contributed by atoms with Crippen LogP contribution in [0.15, 0.2) is 114 Å². The number of nitrogens with one attached hydrogen (secondary N) is 1. The van der Waals surface area contributed by atoms with E-state index in [4.69, 9.17) is 4.74 Å². The molecule has 8 nitrogen and oxygen atoms in total. The minimum atomic E-state index is -4.16. The largest absolute Gasteiger partial charge is 0.497 e. The number of methoxy groups -OCH3 is 1. The summed E-state index contributed by atoms with van der Waals surface area (Å²) in [6.07, 6.45) is 5.28. The number of sulfonamides is 1. The van der Waals surface area contributed by atoms with E-state index in [1.807, 2.05) is 66.7 Å². The first-order valence-corrected chi connectivity index (χ1v) is 18.5. The molecule has 1 atom stereocenters. The number of nitrogens with zero attached hydrogens (tertiary/aromatic N) is 2. The highest BCUT2D eigenvalue weighted by Gasteiger charge is 2.35. The van der Waals surface area contributed by atoms with Crippen molar-refractivity contribution in [2.75, 3.05) is 18.0 Å². The highest BCUT2D eigenvalue weighted by atomic mass is 32.2. The van der Waals surface area contributed by atoms with Gasteiger partial charge < -0.3 is 15.0 Å². The molecule has 0 radical (unpaired) electrons. The molecule has 9 heteroatoms. The minimum Gasteiger partial charge on any atom is -0.497 e. The number of hydrogen-bond donors (Lipinski definition) is 1. The Hall–Kier alpha value is -4.63. The van der Waals surface area contributed by atoms with E-state index in [1.54, 1.807) is 37.4 Å². The van der Waals surface area contributed by atoms with Gasteiger partial charge in [0.15, 0.2) is 0 Å². The van der Waals surface area contributed by atoms with Gasteiger partial charge in [-0.2, -0.15) is 0 Å². The zero-order chi connectivity index (χ0) is 34.8. The van der Waals surface area contributed by atoms with Crippen molar-refractivity contribution < 1.29 is 22.7 Å². The smallest absolute Gasteiger partial charge is 0.264 e. The van der Waals surface area contributed by atoms with Crippen LogP contribution in [0.3, 0.4) is 0 Å². The average Bonchev–Trinajstić information content (AvgIpc) is 3.13. The second-order valence-electron chi connectivity index (χ2n) is 13.0. The Balaban J connectivity index is 1.57. The second kappa shape index (κ2) is 16.7. The fourth-order valence-electron chi connectivity index (χ4n) is 6.34. The van der Waals surface area contributed by atoms with E-state index in [-0.39, 0.29) is 35.7 Å². The highest BCUT2D eigenvalue weighted by molar-refractivity contribution is 7.92. The lowest BCUT2D eigenvalue weighted by Gasteiger charge is -2.35. The van der Waals surface area contributed by atoms with Crippen molar-refractivity contribution in [2.45, 2.75) is 81.8 Å². The maximum atomic E-state index is 14.8. The summed E-state index contributed by atoms with van der Waals surface area (Å²) in [5.41, 5.74) is 3.08. The molecular weight excluding hydrogens is 635 g/mol. The normalized spacial score (nSPS) is 14.2. The van der Waals surface area contributed by atoms with Gasteiger partial charge in [0.1, 0.15) is 18.3 Å². The molecule has 4 aromatic carbocycles. The molecule has 1 saturated carbocycles. The number of carbonyl (C=O) groups is 2.